The average molecular weight is 293 g/mol. The molecule has 0 aromatic carbocycles. The first-order chi connectivity index (χ1) is 10.1. The van der Waals surface area contributed by atoms with Gasteiger partial charge in [0.1, 0.15) is 12.4 Å². The van der Waals surface area contributed by atoms with E-state index in [0.717, 1.165) is 25.7 Å². The molecule has 0 amide bonds. The van der Waals surface area contributed by atoms with Crippen LogP contribution in [0.3, 0.4) is 0 Å². The van der Waals surface area contributed by atoms with Gasteiger partial charge in [0.2, 0.25) is 0 Å². The van der Waals surface area contributed by atoms with E-state index in [1.165, 1.54) is 6.33 Å². The third kappa shape index (κ3) is 2.36. The Kier molecular flexibility index (Phi) is 3.78. The van der Waals surface area contributed by atoms with Crippen LogP contribution in [0.5, 0.6) is 0 Å². The minimum absolute atomic E-state index is 0.0916. The maximum absolute atomic E-state index is 14.6. The van der Waals surface area contributed by atoms with Gasteiger partial charge in [-0.1, -0.05) is 19.8 Å². The van der Waals surface area contributed by atoms with Crippen molar-refractivity contribution in [2.24, 2.45) is 5.92 Å². The van der Waals surface area contributed by atoms with Gasteiger partial charge in [0, 0.05) is 6.04 Å². The standard InChI is InChI=1S/C15H20FN3O2/c1-2-10-13(16)14(18-8-17-10)19-11-6-4-3-5-9(11)7-12(19)15(20)21/h8-9,11-12H,2-7H2,1H3,(H,20,21). The molecule has 114 valence electrons. The number of aromatic nitrogens is 2. The molecule has 5 nitrogen and oxygen atoms in total. The second-order valence-corrected chi connectivity index (χ2v) is 5.92. The fourth-order valence-electron chi connectivity index (χ4n) is 3.81. The van der Waals surface area contributed by atoms with Crippen molar-refractivity contribution >= 4 is 11.8 Å². The number of fused-ring (bicyclic) bond motifs is 1. The molecular weight excluding hydrogens is 273 g/mol. The van der Waals surface area contributed by atoms with Gasteiger partial charge in [0.05, 0.1) is 5.69 Å². The summed E-state index contributed by atoms with van der Waals surface area (Å²) in [4.78, 5) is 21.3. The summed E-state index contributed by atoms with van der Waals surface area (Å²) in [6.07, 6.45) is 6.54. The summed E-state index contributed by atoms with van der Waals surface area (Å²) in [7, 11) is 0. The van der Waals surface area contributed by atoms with E-state index in [2.05, 4.69) is 9.97 Å². The lowest BCUT2D eigenvalue weighted by molar-refractivity contribution is -0.138. The predicted octanol–water partition coefficient (Wildman–Crippen LogP) is 2.40. The number of hydrogen-bond acceptors (Lipinski definition) is 4. The van der Waals surface area contributed by atoms with Crippen molar-refractivity contribution in [2.75, 3.05) is 4.90 Å². The second kappa shape index (κ2) is 5.58. The first kappa shape index (κ1) is 14.2. The average Bonchev–Trinajstić information content (AvgIpc) is 2.87. The highest BCUT2D eigenvalue weighted by Crippen LogP contribution is 2.42. The number of aryl methyl sites for hydroxylation is 1. The van der Waals surface area contributed by atoms with E-state index in [-0.39, 0.29) is 11.9 Å². The lowest BCUT2D eigenvalue weighted by Gasteiger charge is -2.34. The molecule has 1 N–H and O–H groups in total. The topological polar surface area (TPSA) is 66.3 Å². The Morgan fingerprint density at radius 3 is 2.90 bits per heavy atom. The second-order valence-electron chi connectivity index (χ2n) is 5.92. The first-order valence-electron chi connectivity index (χ1n) is 7.64. The highest BCUT2D eigenvalue weighted by Gasteiger charge is 2.46. The van der Waals surface area contributed by atoms with Crippen molar-refractivity contribution in [1.82, 2.24) is 9.97 Å². The van der Waals surface area contributed by atoms with Crippen molar-refractivity contribution in [3.8, 4) is 0 Å². The van der Waals surface area contributed by atoms with Crippen LogP contribution >= 0.6 is 0 Å². The molecular formula is C15H20FN3O2. The third-order valence-electron chi connectivity index (χ3n) is 4.80. The monoisotopic (exact) mass is 293 g/mol. The summed E-state index contributed by atoms with van der Waals surface area (Å²) in [5.41, 5.74) is 0.350. The third-order valence-corrected chi connectivity index (χ3v) is 4.80. The van der Waals surface area contributed by atoms with Crippen molar-refractivity contribution in [2.45, 2.75) is 57.5 Å². The molecule has 1 aromatic rings. The number of carboxylic acid groups (broad SMARTS) is 1. The van der Waals surface area contributed by atoms with E-state index in [0.29, 0.717) is 24.5 Å². The Hall–Kier alpha value is -1.72. The summed E-state index contributed by atoms with van der Waals surface area (Å²) in [6, 6.07) is -0.582. The highest BCUT2D eigenvalue weighted by molar-refractivity contribution is 5.79. The van der Waals surface area contributed by atoms with Crippen LogP contribution in [0.2, 0.25) is 0 Å². The number of halogens is 1. The summed E-state index contributed by atoms with van der Waals surface area (Å²) in [6.45, 7) is 1.83. The maximum atomic E-state index is 14.6. The molecule has 2 aliphatic rings. The molecule has 3 rings (SSSR count). The number of rotatable bonds is 3. The van der Waals surface area contributed by atoms with Crippen molar-refractivity contribution in [1.29, 1.82) is 0 Å². The molecule has 0 bridgehead atoms. The van der Waals surface area contributed by atoms with Crippen LogP contribution in [-0.4, -0.2) is 33.1 Å². The molecule has 6 heteroatoms. The quantitative estimate of drug-likeness (QED) is 0.927. The van der Waals surface area contributed by atoms with Crippen LogP contribution in [0.15, 0.2) is 6.33 Å². The Labute approximate surface area is 123 Å². The fraction of sp³-hybridized carbons (Fsp3) is 0.667. The highest BCUT2D eigenvalue weighted by atomic mass is 19.1. The molecule has 2 heterocycles. The summed E-state index contributed by atoms with van der Waals surface area (Å²) in [5, 5.41) is 9.50. The molecule has 0 radical (unpaired) electrons. The molecule has 2 fully saturated rings. The van der Waals surface area contributed by atoms with Crippen LogP contribution in [0.25, 0.3) is 0 Å². The normalized spacial score (nSPS) is 28.5. The number of hydrogen-bond donors (Lipinski definition) is 1. The molecule has 3 unspecified atom stereocenters. The number of aliphatic carboxylic acids is 1. The van der Waals surface area contributed by atoms with E-state index in [1.807, 2.05) is 6.92 Å². The van der Waals surface area contributed by atoms with Gasteiger partial charge in [0.25, 0.3) is 0 Å². The van der Waals surface area contributed by atoms with Gasteiger partial charge in [-0.15, -0.1) is 0 Å². The SMILES string of the molecule is CCc1ncnc(N2C(C(=O)O)CC3CCCCC32)c1F. The molecule has 1 saturated heterocycles. The van der Waals surface area contributed by atoms with Crippen LogP contribution in [0.1, 0.15) is 44.7 Å². The smallest absolute Gasteiger partial charge is 0.326 e. The fourth-order valence-corrected chi connectivity index (χ4v) is 3.81. The summed E-state index contributed by atoms with van der Waals surface area (Å²) in [5.74, 6) is -0.846. The zero-order valence-electron chi connectivity index (χ0n) is 12.1. The molecule has 1 aliphatic carbocycles. The van der Waals surface area contributed by atoms with E-state index in [1.54, 1.807) is 4.90 Å². The molecule has 1 saturated carbocycles. The van der Waals surface area contributed by atoms with E-state index in [9.17, 15) is 14.3 Å². The Balaban J connectivity index is 2.02. The Morgan fingerprint density at radius 1 is 1.43 bits per heavy atom. The molecule has 0 spiro atoms. The van der Waals surface area contributed by atoms with Crippen molar-refractivity contribution in [3.63, 3.8) is 0 Å². The van der Waals surface area contributed by atoms with Crippen LogP contribution in [-0.2, 0) is 11.2 Å². The van der Waals surface area contributed by atoms with Gasteiger partial charge in [-0.25, -0.2) is 19.2 Å². The van der Waals surface area contributed by atoms with Crippen LogP contribution in [0.4, 0.5) is 10.2 Å². The Bertz CT molecular complexity index is 552. The zero-order chi connectivity index (χ0) is 15.0. The zero-order valence-corrected chi connectivity index (χ0v) is 12.1. The van der Waals surface area contributed by atoms with Gasteiger partial charge in [-0.2, -0.15) is 0 Å². The summed E-state index contributed by atoms with van der Waals surface area (Å²) >= 11 is 0. The largest absolute Gasteiger partial charge is 0.480 e. The van der Waals surface area contributed by atoms with Gasteiger partial charge in [-0.3, -0.25) is 0 Å². The molecule has 3 atom stereocenters. The Morgan fingerprint density at radius 2 is 2.19 bits per heavy atom. The van der Waals surface area contributed by atoms with Gasteiger partial charge in [-0.05, 0) is 31.6 Å². The van der Waals surface area contributed by atoms with Crippen LogP contribution < -0.4 is 4.90 Å². The molecule has 21 heavy (non-hydrogen) atoms. The minimum Gasteiger partial charge on any atom is -0.480 e. The lowest BCUT2D eigenvalue weighted by atomic mass is 9.85. The first-order valence-corrected chi connectivity index (χ1v) is 7.64. The van der Waals surface area contributed by atoms with E-state index < -0.39 is 17.8 Å². The van der Waals surface area contributed by atoms with E-state index >= 15 is 0 Å². The molecule has 1 aromatic heterocycles. The maximum Gasteiger partial charge on any atom is 0.326 e. The number of carboxylic acids is 1. The van der Waals surface area contributed by atoms with Crippen molar-refractivity contribution in [3.05, 3.63) is 17.8 Å². The molecule has 1 aliphatic heterocycles. The summed E-state index contributed by atoms with van der Waals surface area (Å²) < 4.78 is 14.6. The number of anilines is 1. The number of carbonyl (C=O) groups is 1. The number of nitrogens with zero attached hydrogens (tertiary/aromatic N) is 3. The van der Waals surface area contributed by atoms with E-state index in [4.69, 9.17) is 0 Å². The van der Waals surface area contributed by atoms with Crippen molar-refractivity contribution < 1.29 is 14.3 Å². The lowest BCUT2D eigenvalue weighted by Crippen LogP contribution is -2.43. The predicted molar refractivity (Wildman–Crippen MR) is 75.6 cm³/mol. The minimum atomic E-state index is -0.888. The van der Waals surface area contributed by atoms with Gasteiger partial charge in [0.15, 0.2) is 11.6 Å². The van der Waals surface area contributed by atoms with Gasteiger partial charge < -0.3 is 10.0 Å². The van der Waals surface area contributed by atoms with Crippen LogP contribution in [0, 0.1) is 11.7 Å². The van der Waals surface area contributed by atoms with Gasteiger partial charge >= 0.3 is 5.97 Å².